The number of allylic oxidation sites excluding steroid dienone is 3. The molecule has 0 bridgehead atoms. The Balaban J connectivity index is 2.24. The summed E-state index contributed by atoms with van der Waals surface area (Å²) in [6.07, 6.45) is 8.46. The number of hydrogen-bond donors (Lipinski definition) is 1. The molecule has 2 heteroatoms. The van der Waals surface area contributed by atoms with Gasteiger partial charge in [-0.05, 0) is 74.2 Å². The number of aliphatic hydroxyl groups excluding tert-OH is 1. The van der Waals surface area contributed by atoms with Gasteiger partial charge in [0, 0.05) is 0 Å². The molecular weight excluding hydrogens is 272 g/mol. The predicted molar refractivity (Wildman–Crippen MR) is 91.5 cm³/mol. The summed E-state index contributed by atoms with van der Waals surface area (Å²) in [5.41, 5.74) is 2.82. The van der Waals surface area contributed by atoms with Crippen LogP contribution < -0.4 is 0 Å². The second-order valence-electron chi connectivity index (χ2n) is 8.55. The lowest BCUT2D eigenvalue weighted by Gasteiger charge is -2.59. The average Bonchev–Trinajstić information content (AvgIpc) is 2.35. The van der Waals surface area contributed by atoms with Crippen molar-refractivity contribution >= 4 is 6.29 Å². The minimum atomic E-state index is -0.198. The monoisotopic (exact) mass is 304 g/mol. The third-order valence-electron chi connectivity index (χ3n) is 6.40. The predicted octanol–water partition coefficient (Wildman–Crippen LogP) is 4.68. The van der Waals surface area contributed by atoms with Crippen LogP contribution in [0.15, 0.2) is 23.8 Å². The Bertz CT molecular complexity index is 474. The van der Waals surface area contributed by atoms with Crippen LogP contribution in [-0.4, -0.2) is 17.5 Å². The Morgan fingerprint density at radius 2 is 2.05 bits per heavy atom. The lowest BCUT2D eigenvalue weighted by atomic mass is 9.46. The van der Waals surface area contributed by atoms with E-state index in [1.807, 2.05) is 6.92 Å². The zero-order valence-electron chi connectivity index (χ0n) is 14.7. The van der Waals surface area contributed by atoms with Crippen LogP contribution in [-0.2, 0) is 4.79 Å². The van der Waals surface area contributed by atoms with Crippen LogP contribution in [0, 0.1) is 22.7 Å². The highest BCUT2D eigenvalue weighted by Crippen LogP contribution is 2.61. The van der Waals surface area contributed by atoms with Crippen molar-refractivity contribution in [3.05, 3.63) is 23.8 Å². The molecule has 22 heavy (non-hydrogen) atoms. The van der Waals surface area contributed by atoms with Crippen molar-refractivity contribution in [3.8, 4) is 0 Å². The number of rotatable bonds is 4. The molecular formula is C20H32O2. The Hall–Kier alpha value is -0.890. The second-order valence-corrected chi connectivity index (χ2v) is 8.55. The third kappa shape index (κ3) is 3.22. The number of fused-ring (bicyclic) bond motifs is 1. The molecule has 2 nitrogen and oxygen atoms in total. The molecule has 0 aromatic heterocycles. The van der Waals surface area contributed by atoms with Gasteiger partial charge in [0.05, 0.1) is 6.10 Å². The van der Waals surface area contributed by atoms with E-state index >= 15 is 0 Å². The van der Waals surface area contributed by atoms with Crippen LogP contribution >= 0.6 is 0 Å². The number of carbonyl (C=O) groups is 1. The summed E-state index contributed by atoms with van der Waals surface area (Å²) in [4.78, 5) is 10.6. The van der Waals surface area contributed by atoms with E-state index in [4.69, 9.17) is 0 Å². The average molecular weight is 304 g/mol. The normalized spacial score (nSPS) is 38.5. The minimum Gasteiger partial charge on any atom is -0.393 e. The molecule has 0 amide bonds. The molecule has 0 radical (unpaired) electrons. The molecule has 2 fully saturated rings. The molecule has 2 saturated carbocycles. The highest BCUT2D eigenvalue weighted by atomic mass is 16.3. The zero-order chi connectivity index (χ0) is 16.5. The lowest BCUT2D eigenvalue weighted by molar-refractivity contribution is -0.105. The first-order chi connectivity index (χ1) is 10.2. The minimum absolute atomic E-state index is 0.137. The van der Waals surface area contributed by atoms with E-state index in [1.54, 1.807) is 6.08 Å². The van der Waals surface area contributed by atoms with Crippen LogP contribution in [0.4, 0.5) is 0 Å². The van der Waals surface area contributed by atoms with E-state index < -0.39 is 0 Å². The fraction of sp³-hybridized carbons (Fsp3) is 0.750. The zero-order valence-corrected chi connectivity index (χ0v) is 14.7. The Morgan fingerprint density at radius 1 is 1.36 bits per heavy atom. The fourth-order valence-corrected chi connectivity index (χ4v) is 5.55. The molecule has 0 aromatic carbocycles. The summed E-state index contributed by atoms with van der Waals surface area (Å²) in [7, 11) is 0. The van der Waals surface area contributed by atoms with Gasteiger partial charge in [0.2, 0.25) is 0 Å². The van der Waals surface area contributed by atoms with E-state index in [0.717, 1.165) is 44.0 Å². The van der Waals surface area contributed by atoms with Gasteiger partial charge < -0.3 is 5.11 Å². The fourth-order valence-electron chi connectivity index (χ4n) is 5.55. The van der Waals surface area contributed by atoms with E-state index in [1.165, 1.54) is 12.0 Å². The maximum absolute atomic E-state index is 10.6. The number of carbonyl (C=O) groups excluding carboxylic acids is 1. The van der Waals surface area contributed by atoms with Gasteiger partial charge in [-0.1, -0.05) is 38.5 Å². The highest BCUT2D eigenvalue weighted by molar-refractivity contribution is 5.65. The van der Waals surface area contributed by atoms with Gasteiger partial charge in [-0.25, -0.2) is 0 Å². The van der Waals surface area contributed by atoms with Crippen molar-refractivity contribution in [2.45, 2.75) is 72.3 Å². The van der Waals surface area contributed by atoms with Crippen LogP contribution in [0.2, 0.25) is 0 Å². The summed E-state index contributed by atoms with van der Waals surface area (Å²) in [5, 5.41) is 10.4. The third-order valence-corrected chi connectivity index (χ3v) is 6.40. The summed E-state index contributed by atoms with van der Waals surface area (Å²) < 4.78 is 0. The van der Waals surface area contributed by atoms with Crippen LogP contribution in [0.5, 0.6) is 0 Å². The van der Waals surface area contributed by atoms with Gasteiger partial charge in [0.1, 0.15) is 6.29 Å². The van der Waals surface area contributed by atoms with Crippen molar-refractivity contribution < 1.29 is 9.90 Å². The summed E-state index contributed by atoms with van der Waals surface area (Å²) in [6, 6.07) is 0. The lowest BCUT2D eigenvalue weighted by Crippen LogP contribution is -2.53. The van der Waals surface area contributed by atoms with E-state index in [0.29, 0.717) is 11.8 Å². The molecule has 1 N–H and O–H groups in total. The van der Waals surface area contributed by atoms with Gasteiger partial charge >= 0.3 is 0 Å². The van der Waals surface area contributed by atoms with Crippen LogP contribution in [0.3, 0.4) is 0 Å². The first-order valence-electron chi connectivity index (χ1n) is 8.67. The number of aliphatic hydroxyl groups is 1. The number of hydrogen-bond acceptors (Lipinski definition) is 2. The maximum atomic E-state index is 10.6. The van der Waals surface area contributed by atoms with Gasteiger partial charge in [-0.2, -0.15) is 0 Å². The van der Waals surface area contributed by atoms with Crippen molar-refractivity contribution in [2.24, 2.45) is 22.7 Å². The van der Waals surface area contributed by atoms with Crippen molar-refractivity contribution in [2.75, 3.05) is 0 Å². The topological polar surface area (TPSA) is 37.3 Å². The van der Waals surface area contributed by atoms with Crippen molar-refractivity contribution in [1.82, 2.24) is 0 Å². The van der Waals surface area contributed by atoms with E-state index in [-0.39, 0.29) is 16.9 Å². The molecule has 0 aliphatic heterocycles. The number of aldehydes is 1. The van der Waals surface area contributed by atoms with Gasteiger partial charge in [0.15, 0.2) is 0 Å². The molecule has 2 rings (SSSR count). The molecule has 124 valence electrons. The standard InChI is InChI=1S/C20H32O2/c1-14(10-11-21)6-8-17-15(2)7-9-18-19(3,4)12-16(22)13-20(17,18)5/h10-11,16-18,22H,2,6-9,12-13H2,1,3-5H3/t16-,17-,18-,20+/m1/s1. The first-order valence-corrected chi connectivity index (χ1v) is 8.67. The summed E-state index contributed by atoms with van der Waals surface area (Å²) in [5.74, 6) is 1.10. The highest BCUT2D eigenvalue weighted by Gasteiger charge is 2.54. The smallest absolute Gasteiger partial charge is 0.142 e. The largest absolute Gasteiger partial charge is 0.393 e. The van der Waals surface area contributed by atoms with Crippen LogP contribution in [0.25, 0.3) is 0 Å². The molecule has 0 spiro atoms. The Kier molecular flexibility index (Phi) is 5.01. The van der Waals surface area contributed by atoms with Crippen LogP contribution in [0.1, 0.15) is 66.2 Å². The SMILES string of the molecule is C=C1CC[C@@H]2C(C)(C)C[C@@H](O)C[C@@]2(C)[C@@H]1CCC(C)=CC=O. The summed E-state index contributed by atoms with van der Waals surface area (Å²) >= 11 is 0. The maximum Gasteiger partial charge on any atom is 0.142 e. The molecule has 2 aliphatic carbocycles. The molecule has 4 atom stereocenters. The van der Waals surface area contributed by atoms with Crippen molar-refractivity contribution in [3.63, 3.8) is 0 Å². The molecule has 2 aliphatic rings. The van der Waals surface area contributed by atoms with Gasteiger partial charge in [-0.15, -0.1) is 0 Å². The van der Waals surface area contributed by atoms with Crippen molar-refractivity contribution in [1.29, 1.82) is 0 Å². The van der Waals surface area contributed by atoms with Gasteiger partial charge in [-0.3, -0.25) is 4.79 Å². The molecule has 0 aromatic rings. The second kappa shape index (κ2) is 6.31. The summed E-state index contributed by atoms with van der Waals surface area (Å²) in [6.45, 7) is 13.4. The van der Waals surface area contributed by atoms with E-state index in [9.17, 15) is 9.90 Å². The molecule has 0 heterocycles. The van der Waals surface area contributed by atoms with E-state index in [2.05, 4.69) is 27.4 Å². The molecule has 0 saturated heterocycles. The quantitative estimate of drug-likeness (QED) is 0.465. The Morgan fingerprint density at radius 3 is 2.68 bits per heavy atom. The Labute approximate surface area is 135 Å². The first kappa shape index (κ1) is 17.5. The molecule has 0 unspecified atom stereocenters. The van der Waals surface area contributed by atoms with Gasteiger partial charge in [0.25, 0.3) is 0 Å².